The van der Waals surface area contributed by atoms with Crippen LogP contribution in [0.25, 0.3) is 0 Å². The van der Waals surface area contributed by atoms with Crippen molar-refractivity contribution in [2.45, 2.75) is 40.5 Å². The first-order valence-corrected chi connectivity index (χ1v) is 6.46. The first-order valence-electron chi connectivity index (χ1n) is 6.46. The van der Waals surface area contributed by atoms with Crippen molar-refractivity contribution in [3.05, 3.63) is 12.7 Å². The van der Waals surface area contributed by atoms with Crippen LogP contribution in [-0.2, 0) is 4.74 Å². The predicted octanol–water partition coefficient (Wildman–Crippen LogP) is 3.24. The SMILES string of the molecule is C=CC(C)(CCOCCC(C)C)CNCC. The molecule has 0 heterocycles. The van der Waals surface area contributed by atoms with Gasteiger partial charge in [-0.3, -0.25) is 0 Å². The molecule has 0 aromatic carbocycles. The molecule has 96 valence electrons. The van der Waals surface area contributed by atoms with Crippen molar-refractivity contribution >= 4 is 0 Å². The molecule has 0 spiro atoms. The lowest BCUT2D eigenvalue weighted by Crippen LogP contribution is -2.31. The molecule has 1 N–H and O–H groups in total. The molecule has 0 rings (SSSR count). The van der Waals surface area contributed by atoms with E-state index in [1.54, 1.807) is 0 Å². The molecule has 2 heteroatoms. The Labute approximate surface area is 101 Å². The zero-order valence-corrected chi connectivity index (χ0v) is 11.5. The molecule has 0 fully saturated rings. The maximum absolute atomic E-state index is 5.65. The summed E-state index contributed by atoms with van der Waals surface area (Å²) in [5.41, 5.74) is 0.161. The lowest BCUT2D eigenvalue weighted by atomic mass is 9.87. The summed E-state index contributed by atoms with van der Waals surface area (Å²) in [6.45, 7) is 16.4. The summed E-state index contributed by atoms with van der Waals surface area (Å²) >= 11 is 0. The Morgan fingerprint density at radius 1 is 1.38 bits per heavy atom. The van der Waals surface area contributed by atoms with E-state index in [0.29, 0.717) is 0 Å². The second-order valence-electron chi connectivity index (χ2n) is 5.18. The monoisotopic (exact) mass is 227 g/mol. The fraction of sp³-hybridized carbons (Fsp3) is 0.857. The third kappa shape index (κ3) is 7.89. The van der Waals surface area contributed by atoms with Crippen molar-refractivity contribution in [2.75, 3.05) is 26.3 Å². The molecule has 16 heavy (non-hydrogen) atoms. The Kier molecular flexibility index (Phi) is 8.58. The normalized spacial score (nSPS) is 15.1. The Hall–Kier alpha value is -0.340. The van der Waals surface area contributed by atoms with E-state index < -0.39 is 0 Å². The summed E-state index contributed by atoms with van der Waals surface area (Å²) in [5, 5.41) is 3.37. The molecule has 0 amide bonds. The van der Waals surface area contributed by atoms with Gasteiger partial charge in [0.25, 0.3) is 0 Å². The van der Waals surface area contributed by atoms with Crippen LogP contribution in [-0.4, -0.2) is 26.3 Å². The average molecular weight is 227 g/mol. The fourth-order valence-corrected chi connectivity index (χ4v) is 1.40. The van der Waals surface area contributed by atoms with Gasteiger partial charge in [0, 0.05) is 19.8 Å². The quantitative estimate of drug-likeness (QED) is 0.457. The number of hydrogen-bond acceptors (Lipinski definition) is 2. The smallest absolute Gasteiger partial charge is 0.0474 e. The summed E-state index contributed by atoms with van der Waals surface area (Å²) in [7, 11) is 0. The van der Waals surface area contributed by atoms with Crippen molar-refractivity contribution in [1.29, 1.82) is 0 Å². The molecule has 0 aliphatic rings. The van der Waals surface area contributed by atoms with Crippen molar-refractivity contribution in [3.63, 3.8) is 0 Å². The highest BCUT2D eigenvalue weighted by Gasteiger charge is 2.18. The highest BCUT2D eigenvalue weighted by atomic mass is 16.5. The van der Waals surface area contributed by atoms with E-state index in [0.717, 1.165) is 45.1 Å². The van der Waals surface area contributed by atoms with E-state index in [4.69, 9.17) is 4.74 Å². The Bertz CT molecular complexity index is 180. The highest BCUT2D eigenvalue weighted by Crippen LogP contribution is 2.21. The van der Waals surface area contributed by atoms with Crippen LogP contribution < -0.4 is 5.32 Å². The van der Waals surface area contributed by atoms with Gasteiger partial charge in [-0.05, 0) is 30.7 Å². The third-order valence-corrected chi connectivity index (χ3v) is 2.93. The molecule has 0 aliphatic carbocycles. The number of hydrogen-bond donors (Lipinski definition) is 1. The molecule has 2 nitrogen and oxygen atoms in total. The summed E-state index contributed by atoms with van der Waals surface area (Å²) < 4.78 is 5.65. The van der Waals surface area contributed by atoms with Crippen molar-refractivity contribution < 1.29 is 4.74 Å². The second-order valence-corrected chi connectivity index (χ2v) is 5.18. The lowest BCUT2D eigenvalue weighted by molar-refractivity contribution is 0.102. The van der Waals surface area contributed by atoms with Gasteiger partial charge < -0.3 is 10.1 Å². The van der Waals surface area contributed by atoms with Gasteiger partial charge in [-0.1, -0.05) is 33.8 Å². The Morgan fingerprint density at radius 2 is 2.06 bits per heavy atom. The van der Waals surface area contributed by atoms with Crippen LogP contribution in [0.1, 0.15) is 40.5 Å². The van der Waals surface area contributed by atoms with Gasteiger partial charge in [-0.15, -0.1) is 6.58 Å². The molecule has 0 bridgehead atoms. The maximum atomic E-state index is 5.65. The van der Waals surface area contributed by atoms with E-state index in [2.05, 4.69) is 39.6 Å². The van der Waals surface area contributed by atoms with Crippen LogP contribution in [0.5, 0.6) is 0 Å². The Balaban J connectivity index is 3.65. The van der Waals surface area contributed by atoms with E-state index in [1.807, 2.05) is 6.08 Å². The van der Waals surface area contributed by atoms with Gasteiger partial charge in [-0.2, -0.15) is 0 Å². The first-order chi connectivity index (χ1) is 7.54. The van der Waals surface area contributed by atoms with Crippen LogP contribution in [0.15, 0.2) is 12.7 Å². The van der Waals surface area contributed by atoms with Gasteiger partial charge in [0.15, 0.2) is 0 Å². The summed E-state index contributed by atoms with van der Waals surface area (Å²) in [6, 6.07) is 0. The molecule has 0 aliphatic heterocycles. The van der Waals surface area contributed by atoms with Crippen LogP contribution >= 0.6 is 0 Å². The second kappa shape index (κ2) is 8.77. The predicted molar refractivity (Wildman–Crippen MR) is 71.7 cm³/mol. The fourth-order valence-electron chi connectivity index (χ4n) is 1.40. The van der Waals surface area contributed by atoms with Gasteiger partial charge in [0.1, 0.15) is 0 Å². The van der Waals surface area contributed by atoms with Gasteiger partial charge in [0.2, 0.25) is 0 Å². The minimum absolute atomic E-state index is 0.161. The number of ether oxygens (including phenoxy) is 1. The molecule has 1 atom stereocenters. The largest absolute Gasteiger partial charge is 0.381 e. The van der Waals surface area contributed by atoms with Crippen LogP contribution in [0, 0.1) is 11.3 Å². The summed E-state index contributed by atoms with van der Waals surface area (Å²) in [4.78, 5) is 0. The van der Waals surface area contributed by atoms with Crippen LogP contribution in [0.4, 0.5) is 0 Å². The van der Waals surface area contributed by atoms with Crippen molar-refractivity contribution in [1.82, 2.24) is 5.32 Å². The van der Waals surface area contributed by atoms with Crippen molar-refractivity contribution in [2.24, 2.45) is 11.3 Å². The molecule has 0 radical (unpaired) electrons. The summed E-state index contributed by atoms with van der Waals surface area (Å²) in [5.74, 6) is 0.729. The maximum Gasteiger partial charge on any atom is 0.0474 e. The minimum Gasteiger partial charge on any atom is -0.381 e. The number of nitrogens with one attached hydrogen (secondary N) is 1. The highest BCUT2D eigenvalue weighted by molar-refractivity contribution is 4.92. The molecule has 0 saturated heterocycles. The minimum atomic E-state index is 0.161. The van der Waals surface area contributed by atoms with E-state index >= 15 is 0 Å². The van der Waals surface area contributed by atoms with E-state index in [9.17, 15) is 0 Å². The van der Waals surface area contributed by atoms with Crippen LogP contribution in [0.3, 0.4) is 0 Å². The van der Waals surface area contributed by atoms with E-state index in [-0.39, 0.29) is 5.41 Å². The third-order valence-electron chi connectivity index (χ3n) is 2.93. The molecule has 0 saturated carbocycles. The standard InChI is InChI=1S/C14H29NO/c1-6-14(5,12-15-7-2)9-11-16-10-8-13(3)4/h6,13,15H,1,7-12H2,2-5H3. The first kappa shape index (κ1) is 15.7. The zero-order chi connectivity index (χ0) is 12.4. The van der Waals surface area contributed by atoms with Gasteiger partial charge in [-0.25, -0.2) is 0 Å². The molecular weight excluding hydrogens is 198 g/mol. The molecular formula is C14H29NO. The lowest BCUT2D eigenvalue weighted by Gasteiger charge is -2.25. The molecule has 1 unspecified atom stereocenters. The van der Waals surface area contributed by atoms with Crippen LogP contribution in [0.2, 0.25) is 0 Å². The van der Waals surface area contributed by atoms with Crippen molar-refractivity contribution in [3.8, 4) is 0 Å². The average Bonchev–Trinajstić information content (AvgIpc) is 2.25. The van der Waals surface area contributed by atoms with Gasteiger partial charge in [0.05, 0.1) is 0 Å². The zero-order valence-electron chi connectivity index (χ0n) is 11.5. The number of rotatable bonds is 10. The van der Waals surface area contributed by atoms with E-state index in [1.165, 1.54) is 0 Å². The van der Waals surface area contributed by atoms with Gasteiger partial charge >= 0.3 is 0 Å². The Morgan fingerprint density at radius 3 is 2.56 bits per heavy atom. The summed E-state index contributed by atoms with van der Waals surface area (Å²) in [6.07, 6.45) is 4.24. The molecule has 0 aromatic rings. The molecule has 0 aromatic heterocycles. The topological polar surface area (TPSA) is 21.3 Å².